The Balaban J connectivity index is 1.75. The van der Waals surface area contributed by atoms with Crippen LogP contribution >= 0.6 is 0 Å². The SMILES string of the molecule is O=C(NCc1ccccc1[N+](=O)[O-])c1cccc(N2C(=O)CCC2=O)c1. The van der Waals surface area contributed by atoms with Gasteiger partial charge in [0.25, 0.3) is 11.6 Å². The lowest BCUT2D eigenvalue weighted by molar-refractivity contribution is -0.385. The standard InChI is InChI=1S/C18H15N3O5/c22-16-8-9-17(23)20(16)14-6-3-5-12(10-14)18(24)19-11-13-4-1-2-7-15(13)21(25)26/h1-7,10H,8-9,11H2,(H,19,24). The number of rotatable bonds is 5. The van der Waals surface area contributed by atoms with Crippen LogP contribution in [0.2, 0.25) is 0 Å². The van der Waals surface area contributed by atoms with Gasteiger partial charge in [-0.1, -0.05) is 24.3 Å². The van der Waals surface area contributed by atoms with Gasteiger partial charge in [0, 0.05) is 36.6 Å². The van der Waals surface area contributed by atoms with Crippen LogP contribution in [-0.4, -0.2) is 22.6 Å². The van der Waals surface area contributed by atoms with Gasteiger partial charge in [-0.2, -0.15) is 0 Å². The zero-order chi connectivity index (χ0) is 18.7. The number of anilines is 1. The molecule has 8 nitrogen and oxygen atoms in total. The minimum absolute atomic E-state index is 0.0121. The zero-order valence-electron chi connectivity index (χ0n) is 13.7. The molecular formula is C18H15N3O5. The predicted molar refractivity (Wildman–Crippen MR) is 92.4 cm³/mol. The van der Waals surface area contributed by atoms with Crippen molar-refractivity contribution in [3.63, 3.8) is 0 Å². The molecule has 1 N–H and O–H groups in total. The highest BCUT2D eigenvalue weighted by molar-refractivity contribution is 6.20. The maximum absolute atomic E-state index is 12.4. The number of carbonyl (C=O) groups excluding carboxylic acids is 3. The molecule has 0 bridgehead atoms. The fourth-order valence-corrected chi connectivity index (χ4v) is 2.77. The molecular weight excluding hydrogens is 338 g/mol. The molecule has 0 saturated carbocycles. The van der Waals surface area contributed by atoms with E-state index in [4.69, 9.17) is 0 Å². The van der Waals surface area contributed by atoms with Crippen LogP contribution in [0.4, 0.5) is 11.4 Å². The average molecular weight is 353 g/mol. The lowest BCUT2D eigenvalue weighted by atomic mass is 10.1. The van der Waals surface area contributed by atoms with E-state index in [2.05, 4.69) is 5.32 Å². The summed E-state index contributed by atoms with van der Waals surface area (Å²) in [6.07, 6.45) is 0.319. The number of nitrogens with one attached hydrogen (secondary N) is 1. The molecule has 3 amide bonds. The maximum Gasteiger partial charge on any atom is 0.274 e. The minimum atomic E-state index is -0.507. The van der Waals surface area contributed by atoms with Gasteiger partial charge >= 0.3 is 0 Å². The highest BCUT2D eigenvalue weighted by Crippen LogP contribution is 2.23. The molecule has 1 heterocycles. The third-order valence-corrected chi connectivity index (χ3v) is 4.05. The van der Waals surface area contributed by atoms with Gasteiger partial charge in [-0.15, -0.1) is 0 Å². The molecule has 0 unspecified atom stereocenters. The van der Waals surface area contributed by atoms with Crippen LogP contribution in [0, 0.1) is 10.1 Å². The van der Waals surface area contributed by atoms with Crippen LogP contribution in [0.3, 0.4) is 0 Å². The number of hydrogen-bond acceptors (Lipinski definition) is 5. The van der Waals surface area contributed by atoms with Gasteiger partial charge in [0.2, 0.25) is 11.8 Å². The first-order valence-corrected chi connectivity index (χ1v) is 7.93. The second-order valence-electron chi connectivity index (χ2n) is 5.74. The number of nitro benzene ring substituents is 1. The number of nitrogens with zero attached hydrogens (tertiary/aromatic N) is 2. The zero-order valence-corrected chi connectivity index (χ0v) is 13.7. The number of amides is 3. The number of imide groups is 1. The molecule has 1 aliphatic rings. The van der Waals surface area contributed by atoms with Crippen molar-refractivity contribution in [3.05, 3.63) is 69.8 Å². The summed E-state index contributed by atoms with van der Waals surface area (Å²) in [6.45, 7) is -0.0121. The Kier molecular flexibility index (Phi) is 4.74. The third-order valence-electron chi connectivity index (χ3n) is 4.05. The summed E-state index contributed by atoms with van der Waals surface area (Å²) in [7, 11) is 0. The lowest BCUT2D eigenvalue weighted by Crippen LogP contribution is -2.29. The van der Waals surface area contributed by atoms with Gasteiger partial charge < -0.3 is 5.32 Å². The topological polar surface area (TPSA) is 110 Å². The number of hydrogen-bond donors (Lipinski definition) is 1. The number of benzene rings is 2. The predicted octanol–water partition coefficient (Wildman–Crippen LogP) is 2.18. The minimum Gasteiger partial charge on any atom is -0.348 e. The van der Waals surface area contributed by atoms with Crippen molar-refractivity contribution < 1.29 is 19.3 Å². The summed E-state index contributed by atoms with van der Waals surface area (Å²) in [6, 6.07) is 12.3. The van der Waals surface area contributed by atoms with Crippen LogP contribution in [0.1, 0.15) is 28.8 Å². The summed E-state index contributed by atoms with van der Waals surface area (Å²) >= 11 is 0. The molecule has 1 saturated heterocycles. The van der Waals surface area contributed by atoms with E-state index in [1.165, 1.54) is 12.1 Å². The van der Waals surface area contributed by atoms with Crippen LogP contribution in [0.5, 0.6) is 0 Å². The van der Waals surface area contributed by atoms with Crippen LogP contribution in [0.25, 0.3) is 0 Å². The Bertz CT molecular complexity index is 893. The smallest absolute Gasteiger partial charge is 0.274 e. The summed E-state index contributed by atoms with van der Waals surface area (Å²) in [5, 5.41) is 13.6. The quantitative estimate of drug-likeness (QED) is 0.503. The molecule has 26 heavy (non-hydrogen) atoms. The fraction of sp³-hybridized carbons (Fsp3) is 0.167. The van der Waals surface area contributed by atoms with Gasteiger partial charge in [-0.05, 0) is 18.2 Å². The van der Waals surface area contributed by atoms with E-state index < -0.39 is 10.8 Å². The molecule has 0 radical (unpaired) electrons. The summed E-state index contributed by atoms with van der Waals surface area (Å²) in [5.41, 5.74) is 0.908. The Hall–Kier alpha value is -3.55. The van der Waals surface area contributed by atoms with Crippen molar-refractivity contribution >= 4 is 29.1 Å². The van der Waals surface area contributed by atoms with Crippen molar-refractivity contribution in [1.29, 1.82) is 0 Å². The van der Waals surface area contributed by atoms with Crippen molar-refractivity contribution in [3.8, 4) is 0 Å². The van der Waals surface area contributed by atoms with Gasteiger partial charge in [0.15, 0.2) is 0 Å². The molecule has 3 rings (SSSR count). The van der Waals surface area contributed by atoms with Crippen molar-refractivity contribution in [2.24, 2.45) is 0 Å². The Morgan fingerprint density at radius 2 is 1.77 bits per heavy atom. The van der Waals surface area contributed by atoms with E-state index in [-0.39, 0.29) is 42.5 Å². The number of carbonyl (C=O) groups is 3. The van der Waals surface area contributed by atoms with Crippen LogP contribution in [-0.2, 0) is 16.1 Å². The molecule has 0 spiro atoms. The van der Waals surface area contributed by atoms with Gasteiger partial charge in [-0.25, -0.2) is 0 Å². The van der Waals surface area contributed by atoms with Gasteiger partial charge in [-0.3, -0.25) is 29.4 Å². The fourth-order valence-electron chi connectivity index (χ4n) is 2.77. The normalized spacial score (nSPS) is 13.8. The monoisotopic (exact) mass is 353 g/mol. The molecule has 1 aliphatic heterocycles. The first-order valence-electron chi connectivity index (χ1n) is 7.93. The number of para-hydroxylation sites is 1. The van der Waals surface area contributed by atoms with E-state index in [0.29, 0.717) is 11.3 Å². The summed E-state index contributed by atoms with van der Waals surface area (Å²) in [4.78, 5) is 47.6. The van der Waals surface area contributed by atoms with Gasteiger partial charge in [0.1, 0.15) is 0 Å². The van der Waals surface area contributed by atoms with E-state index in [1.807, 2.05) is 0 Å². The van der Waals surface area contributed by atoms with Crippen molar-refractivity contribution in [2.75, 3.05) is 4.90 Å². The lowest BCUT2D eigenvalue weighted by Gasteiger charge is -2.14. The summed E-state index contributed by atoms with van der Waals surface area (Å²) in [5.74, 6) is -1.05. The maximum atomic E-state index is 12.4. The first kappa shape index (κ1) is 17.3. The molecule has 0 atom stereocenters. The summed E-state index contributed by atoms with van der Waals surface area (Å²) < 4.78 is 0. The molecule has 8 heteroatoms. The third kappa shape index (κ3) is 3.44. The molecule has 2 aromatic rings. The molecule has 2 aromatic carbocycles. The van der Waals surface area contributed by atoms with E-state index >= 15 is 0 Å². The van der Waals surface area contributed by atoms with Crippen LogP contribution in [0.15, 0.2) is 48.5 Å². The second kappa shape index (κ2) is 7.14. The number of nitro groups is 1. The highest BCUT2D eigenvalue weighted by atomic mass is 16.6. The largest absolute Gasteiger partial charge is 0.348 e. The van der Waals surface area contributed by atoms with E-state index in [1.54, 1.807) is 36.4 Å². The molecule has 0 aromatic heterocycles. The van der Waals surface area contributed by atoms with E-state index in [9.17, 15) is 24.5 Å². The van der Waals surface area contributed by atoms with Crippen molar-refractivity contribution in [1.82, 2.24) is 5.32 Å². The Labute approximate surface area is 148 Å². The Morgan fingerprint density at radius 1 is 1.08 bits per heavy atom. The van der Waals surface area contributed by atoms with E-state index in [0.717, 1.165) is 4.90 Å². The van der Waals surface area contributed by atoms with Gasteiger partial charge in [0.05, 0.1) is 10.6 Å². The second-order valence-corrected chi connectivity index (χ2v) is 5.74. The molecule has 0 aliphatic carbocycles. The highest BCUT2D eigenvalue weighted by Gasteiger charge is 2.30. The molecule has 132 valence electrons. The average Bonchev–Trinajstić information content (AvgIpc) is 2.98. The first-order chi connectivity index (χ1) is 12.5. The Morgan fingerprint density at radius 3 is 2.46 bits per heavy atom. The molecule has 1 fully saturated rings. The van der Waals surface area contributed by atoms with Crippen LogP contribution < -0.4 is 10.2 Å². The van der Waals surface area contributed by atoms with Crippen molar-refractivity contribution in [2.45, 2.75) is 19.4 Å².